The van der Waals surface area contributed by atoms with E-state index in [4.69, 9.17) is 52.7 Å². The van der Waals surface area contributed by atoms with Crippen LogP contribution in [0, 0.1) is 73.1 Å². The summed E-state index contributed by atoms with van der Waals surface area (Å²) in [5, 5.41) is 62.0. The summed E-state index contributed by atoms with van der Waals surface area (Å²) in [6.45, 7) is 23.6. The summed E-state index contributed by atoms with van der Waals surface area (Å²) in [6.07, 6.45) is -3.76. The number of rotatable bonds is 11. The molecule has 462 valence electrons. The predicted molar refractivity (Wildman–Crippen MR) is 364 cm³/mol. The van der Waals surface area contributed by atoms with Crippen LogP contribution in [0.1, 0.15) is 169 Å². The fourth-order valence-electron chi connectivity index (χ4n) is 15.0. The van der Waals surface area contributed by atoms with Crippen molar-refractivity contribution in [2.45, 2.75) is 131 Å². The van der Waals surface area contributed by atoms with Crippen molar-refractivity contribution >= 4 is 64.5 Å². The molecule has 15 atom stereocenters. The zero-order valence-electron chi connectivity index (χ0n) is 52.2. The molecular formula is C71H74B2O13P4. The van der Waals surface area contributed by atoms with E-state index in [9.17, 15) is 25.5 Å². The lowest BCUT2D eigenvalue weighted by atomic mass is 9.66. The highest BCUT2D eigenvalue weighted by Crippen LogP contribution is 2.64. The molecule has 0 saturated heterocycles. The quantitative estimate of drug-likeness (QED) is 0.0470. The van der Waals surface area contributed by atoms with E-state index < -0.39 is 53.7 Å². The first-order valence-electron chi connectivity index (χ1n) is 30.1. The molecule has 15 unspecified atom stereocenters. The SMILES string of the molecule is [B]c1c(O)c(C2c3c(OP)cc(OP)c([B])c3OC(c3ccc(OP)c(OP)c3)C2O)c(O)c2c1OC(c1ccc(O)c(O)c1)C(C)C2c1c(C)cc(C)c2c1OC(c1ccc(C)c(C)c1)C(C)C2c1c(C)cc(C)c2c1OC(c1ccc(C)c(C)c1)C(C)C2. The third-order valence-corrected chi connectivity index (χ3v) is 20.8. The highest BCUT2D eigenvalue weighted by Gasteiger charge is 2.51. The van der Waals surface area contributed by atoms with Crippen molar-refractivity contribution in [2.24, 2.45) is 17.8 Å². The Kier molecular flexibility index (Phi) is 17.1. The molecule has 4 aliphatic heterocycles. The number of fused-ring (bicyclic) bond motifs is 4. The van der Waals surface area contributed by atoms with Crippen LogP contribution in [-0.4, -0.2) is 47.3 Å². The number of hydrogen-bond acceptors (Lipinski definition) is 13. The molecule has 5 N–H and O–H groups in total. The van der Waals surface area contributed by atoms with Crippen molar-refractivity contribution < 1.29 is 62.6 Å². The van der Waals surface area contributed by atoms with Crippen molar-refractivity contribution in [1.82, 2.24) is 0 Å². The Morgan fingerprint density at radius 1 is 0.389 bits per heavy atom. The van der Waals surface area contributed by atoms with Gasteiger partial charge in [0.1, 0.15) is 86.1 Å². The summed E-state index contributed by atoms with van der Waals surface area (Å²) in [5.41, 5.74) is 15.6. The number of phenols is 4. The van der Waals surface area contributed by atoms with Gasteiger partial charge in [-0.2, -0.15) is 0 Å². The summed E-state index contributed by atoms with van der Waals surface area (Å²) in [5.74, 6) is -2.63. The van der Waals surface area contributed by atoms with Gasteiger partial charge in [0.05, 0.1) is 43.8 Å². The highest BCUT2D eigenvalue weighted by molar-refractivity contribution is 7.11. The molecule has 90 heavy (non-hydrogen) atoms. The maximum atomic E-state index is 13.9. The molecule has 0 bridgehead atoms. The number of aryl methyl sites for hydroxylation is 8. The van der Waals surface area contributed by atoms with Gasteiger partial charge in [0.25, 0.3) is 0 Å². The first-order valence-corrected chi connectivity index (χ1v) is 32.0. The monoisotopic (exact) mass is 1280 g/mol. The zero-order valence-corrected chi connectivity index (χ0v) is 56.8. The Balaban J connectivity index is 1.15. The molecule has 0 saturated carbocycles. The molecular weight excluding hydrogens is 1210 g/mol. The number of aliphatic hydroxyl groups is 1. The Morgan fingerprint density at radius 2 is 0.867 bits per heavy atom. The molecule has 0 fully saturated rings. The van der Waals surface area contributed by atoms with Crippen molar-refractivity contribution in [3.63, 3.8) is 0 Å². The molecule has 4 aliphatic rings. The van der Waals surface area contributed by atoms with Crippen molar-refractivity contribution in [3.05, 3.63) is 197 Å². The van der Waals surface area contributed by atoms with Gasteiger partial charge < -0.3 is 62.6 Å². The summed E-state index contributed by atoms with van der Waals surface area (Å²) in [7, 11) is 23.1. The second-order valence-corrected chi connectivity index (χ2v) is 26.2. The molecule has 13 nitrogen and oxygen atoms in total. The fraction of sp³-hybridized carbons (Fsp3) is 0.324. The third kappa shape index (κ3) is 10.3. The molecule has 4 heterocycles. The molecule has 4 radical (unpaired) electrons. The minimum Gasteiger partial charge on any atom is -0.508 e. The van der Waals surface area contributed by atoms with Crippen LogP contribution in [0.4, 0.5) is 0 Å². The van der Waals surface area contributed by atoms with Gasteiger partial charge in [0, 0.05) is 69.0 Å². The minimum atomic E-state index is -1.62. The maximum Gasteiger partial charge on any atom is 0.165 e. The van der Waals surface area contributed by atoms with E-state index in [0.29, 0.717) is 33.9 Å². The lowest BCUT2D eigenvalue weighted by molar-refractivity contribution is 0.00762. The Bertz CT molecular complexity index is 4240. The van der Waals surface area contributed by atoms with Gasteiger partial charge in [-0.15, -0.1) is 0 Å². The lowest BCUT2D eigenvalue weighted by Crippen LogP contribution is -2.39. The highest BCUT2D eigenvalue weighted by atomic mass is 31.0. The van der Waals surface area contributed by atoms with Gasteiger partial charge in [-0.05, 0) is 169 Å². The van der Waals surface area contributed by atoms with E-state index in [1.807, 2.05) is 13.8 Å². The molecule has 12 rings (SSSR count). The molecule has 8 aromatic carbocycles. The molecule has 19 heteroatoms. The van der Waals surface area contributed by atoms with Crippen LogP contribution >= 0.6 is 37.9 Å². The molecule has 0 aliphatic carbocycles. The van der Waals surface area contributed by atoms with E-state index >= 15 is 0 Å². The average Bonchev–Trinajstić information content (AvgIpc) is 0.713. The van der Waals surface area contributed by atoms with E-state index in [0.717, 1.165) is 67.8 Å². The smallest absolute Gasteiger partial charge is 0.165 e. The van der Waals surface area contributed by atoms with Gasteiger partial charge in [-0.1, -0.05) is 81.4 Å². The number of ether oxygens (including phenoxy) is 4. The number of benzene rings is 8. The number of hydrogen-bond donors (Lipinski definition) is 5. The molecule has 0 amide bonds. The fourth-order valence-corrected chi connectivity index (χ4v) is 15.8. The third-order valence-electron chi connectivity index (χ3n) is 19.8. The average molecular weight is 1280 g/mol. The number of aliphatic hydroxyl groups excluding tert-OH is 1. The van der Waals surface area contributed by atoms with Gasteiger partial charge >= 0.3 is 0 Å². The number of aromatic hydroxyl groups is 4. The second-order valence-electron chi connectivity index (χ2n) is 25.3. The van der Waals surface area contributed by atoms with Crippen LogP contribution in [0.3, 0.4) is 0 Å². The van der Waals surface area contributed by atoms with Gasteiger partial charge in [-0.25, -0.2) is 0 Å². The van der Waals surface area contributed by atoms with E-state index in [1.165, 1.54) is 34.9 Å². The van der Waals surface area contributed by atoms with E-state index in [-0.39, 0.29) is 86.0 Å². The minimum absolute atomic E-state index is 0.0341. The van der Waals surface area contributed by atoms with Crippen LogP contribution in [-0.2, 0) is 6.42 Å². The molecule has 0 spiro atoms. The van der Waals surface area contributed by atoms with Crippen LogP contribution < -0.4 is 48.0 Å². The zero-order chi connectivity index (χ0) is 64.4. The first kappa shape index (κ1) is 63.3. The van der Waals surface area contributed by atoms with Crippen molar-refractivity contribution in [2.75, 3.05) is 0 Å². The van der Waals surface area contributed by atoms with Crippen LogP contribution in [0.25, 0.3) is 0 Å². The normalized spacial score (nSPS) is 23.1. The summed E-state index contributed by atoms with van der Waals surface area (Å²) in [6, 6.07) is 28.6. The van der Waals surface area contributed by atoms with Crippen molar-refractivity contribution in [3.8, 4) is 69.0 Å². The van der Waals surface area contributed by atoms with E-state index in [2.05, 4.69) is 149 Å². The van der Waals surface area contributed by atoms with Crippen LogP contribution in [0.2, 0.25) is 0 Å². The largest absolute Gasteiger partial charge is 0.508 e. The molecule has 0 aromatic heterocycles. The summed E-state index contributed by atoms with van der Waals surface area (Å²) in [4.78, 5) is 0. The number of phenolic OH excluding ortho intramolecular Hbond substituents is 4. The predicted octanol–water partition coefficient (Wildman–Crippen LogP) is 14.0. The van der Waals surface area contributed by atoms with Crippen LogP contribution in [0.5, 0.6) is 69.0 Å². The Morgan fingerprint density at radius 3 is 1.44 bits per heavy atom. The van der Waals surface area contributed by atoms with Crippen molar-refractivity contribution in [1.29, 1.82) is 0 Å². The molecule has 8 aromatic rings. The topological polar surface area (TPSA) is 175 Å². The Hall–Kier alpha value is -6.83. The summed E-state index contributed by atoms with van der Waals surface area (Å²) < 4.78 is 52.0. The standard InChI is InChI=1S/C71H74B2O13P4/c1-28-12-14-39(22-30(28)3)64-36(9)24-43-32(5)20-33(6)50(68(43)79-64)53-37(10)65(40-15-13-29(2)31(4)23-40)80-69-51(53)34(7)21-35(8)52(69)54-38(11)66(41-16-18-44(74)45(75)25-41)81-71-58(54)61(76)57(62(77)60(71)73)56-55-48(85-89)27-49(86-90)59(72)70(55)82-67(63(56)78)42-17-19-46(83-87)47(26-42)84-88/h12-23,25-27,36-38,53-54,56,63-67,74-78H,24,87-90H2,1-11H3. The first-order chi connectivity index (χ1) is 42.9. The lowest BCUT2D eigenvalue weighted by Gasteiger charge is -2.46. The van der Waals surface area contributed by atoms with Crippen LogP contribution in [0.15, 0.2) is 91.0 Å². The van der Waals surface area contributed by atoms with Gasteiger partial charge in [0.2, 0.25) is 0 Å². The van der Waals surface area contributed by atoms with Gasteiger partial charge in [-0.3, -0.25) is 0 Å². The van der Waals surface area contributed by atoms with E-state index in [1.54, 1.807) is 24.3 Å². The second kappa shape index (κ2) is 24.3. The maximum absolute atomic E-state index is 13.9. The Labute approximate surface area is 538 Å². The summed E-state index contributed by atoms with van der Waals surface area (Å²) >= 11 is 0. The van der Waals surface area contributed by atoms with Gasteiger partial charge in [0.15, 0.2) is 29.1 Å².